The third-order valence-electron chi connectivity index (χ3n) is 4.68. The van der Waals surface area contributed by atoms with Crippen molar-refractivity contribution in [3.05, 3.63) is 35.9 Å². The molecule has 1 fully saturated rings. The first-order chi connectivity index (χ1) is 12.5. The molecule has 0 bridgehead atoms. The van der Waals surface area contributed by atoms with Crippen LogP contribution in [0.4, 0.5) is 5.69 Å². The summed E-state index contributed by atoms with van der Waals surface area (Å²) < 4.78 is 4.85. The van der Waals surface area contributed by atoms with Gasteiger partial charge in [0.2, 0.25) is 5.91 Å². The molecular formula is C21H30N2O3. The van der Waals surface area contributed by atoms with E-state index in [1.165, 1.54) is 31.8 Å². The van der Waals surface area contributed by atoms with E-state index in [4.69, 9.17) is 4.74 Å². The standard InChI is InChI=1S/C21H30N2O3/c1-4-26-21(25)14-11-17-9-12-18(13-10-17)22-20(24)15-23(16(2)3)19-7-5-6-8-19/h9-14,16,19H,4-8,15H2,1-3H3,(H,22,24)/b14-11+. The lowest BCUT2D eigenvalue weighted by Crippen LogP contribution is -2.43. The molecule has 1 aromatic carbocycles. The van der Waals surface area contributed by atoms with Gasteiger partial charge in [0, 0.05) is 23.8 Å². The maximum absolute atomic E-state index is 12.4. The average Bonchev–Trinajstić information content (AvgIpc) is 3.13. The van der Waals surface area contributed by atoms with E-state index < -0.39 is 0 Å². The van der Waals surface area contributed by atoms with Gasteiger partial charge in [-0.25, -0.2) is 4.79 Å². The predicted molar refractivity (Wildman–Crippen MR) is 105 cm³/mol. The molecule has 0 unspecified atom stereocenters. The number of ether oxygens (including phenoxy) is 1. The maximum atomic E-state index is 12.4. The molecule has 1 N–H and O–H groups in total. The maximum Gasteiger partial charge on any atom is 0.330 e. The molecular weight excluding hydrogens is 328 g/mol. The number of carbonyl (C=O) groups is 2. The van der Waals surface area contributed by atoms with Crippen molar-refractivity contribution in [3.8, 4) is 0 Å². The van der Waals surface area contributed by atoms with Crippen LogP contribution < -0.4 is 5.32 Å². The number of nitrogens with one attached hydrogen (secondary N) is 1. The van der Waals surface area contributed by atoms with Crippen LogP contribution >= 0.6 is 0 Å². The Labute approximate surface area is 156 Å². The number of hydrogen-bond acceptors (Lipinski definition) is 4. The minimum absolute atomic E-state index is 0.0143. The molecule has 0 radical (unpaired) electrons. The van der Waals surface area contributed by atoms with Gasteiger partial charge in [0.05, 0.1) is 13.2 Å². The molecule has 1 aliphatic carbocycles. The number of benzene rings is 1. The zero-order chi connectivity index (χ0) is 18.9. The van der Waals surface area contributed by atoms with E-state index in [0.717, 1.165) is 11.3 Å². The van der Waals surface area contributed by atoms with E-state index in [0.29, 0.717) is 25.2 Å². The molecule has 5 nitrogen and oxygen atoms in total. The van der Waals surface area contributed by atoms with E-state index in [1.54, 1.807) is 13.0 Å². The number of esters is 1. The molecule has 5 heteroatoms. The van der Waals surface area contributed by atoms with Crippen LogP contribution in [0.5, 0.6) is 0 Å². The van der Waals surface area contributed by atoms with Gasteiger partial charge >= 0.3 is 5.97 Å². The Morgan fingerprint density at radius 1 is 1.23 bits per heavy atom. The van der Waals surface area contributed by atoms with E-state index in [2.05, 4.69) is 24.1 Å². The number of rotatable bonds is 8. The molecule has 0 aromatic heterocycles. The second-order valence-electron chi connectivity index (χ2n) is 6.96. The van der Waals surface area contributed by atoms with Gasteiger partial charge in [-0.2, -0.15) is 0 Å². The number of carbonyl (C=O) groups excluding carboxylic acids is 2. The number of hydrogen-bond donors (Lipinski definition) is 1. The molecule has 142 valence electrons. The van der Waals surface area contributed by atoms with Gasteiger partial charge in [0.25, 0.3) is 0 Å². The molecule has 0 spiro atoms. The van der Waals surface area contributed by atoms with E-state index in [-0.39, 0.29) is 11.9 Å². The highest BCUT2D eigenvalue weighted by Gasteiger charge is 2.26. The van der Waals surface area contributed by atoms with Gasteiger partial charge in [0.15, 0.2) is 0 Å². The Hall–Kier alpha value is -2.14. The topological polar surface area (TPSA) is 58.6 Å². The normalized spacial score (nSPS) is 15.1. The molecule has 0 saturated heterocycles. The summed E-state index contributed by atoms with van der Waals surface area (Å²) in [5.41, 5.74) is 1.64. The minimum Gasteiger partial charge on any atom is -0.463 e. The lowest BCUT2D eigenvalue weighted by Gasteiger charge is -2.31. The lowest BCUT2D eigenvalue weighted by molar-refractivity contribution is -0.137. The highest BCUT2D eigenvalue weighted by molar-refractivity contribution is 5.92. The van der Waals surface area contributed by atoms with Crippen molar-refractivity contribution in [2.75, 3.05) is 18.5 Å². The first-order valence-electron chi connectivity index (χ1n) is 9.50. The SMILES string of the molecule is CCOC(=O)/C=C/c1ccc(NC(=O)CN(C(C)C)C2CCCC2)cc1. The van der Waals surface area contributed by atoms with Gasteiger partial charge in [-0.05, 0) is 57.4 Å². The van der Waals surface area contributed by atoms with Crippen molar-refractivity contribution in [2.24, 2.45) is 0 Å². The van der Waals surface area contributed by atoms with Crippen molar-refractivity contribution in [1.29, 1.82) is 0 Å². The second kappa shape index (κ2) is 10.1. The number of anilines is 1. The summed E-state index contributed by atoms with van der Waals surface area (Å²) >= 11 is 0. The van der Waals surface area contributed by atoms with Crippen LogP contribution in [0.15, 0.2) is 30.3 Å². The van der Waals surface area contributed by atoms with Gasteiger partial charge < -0.3 is 10.1 Å². The fourth-order valence-electron chi connectivity index (χ4n) is 3.37. The zero-order valence-corrected chi connectivity index (χ0v) is 16.0. The molecule has 1 aliphatic rings. The van der Waals surface area contributed by atoms with Gasteiger partial charge in [-0.1, -0.05) is 25.0 Å². The Morgan fingerprint density at radius 3 is 2.46 bits per heavy atom. The molecule has 2 rings (SSSR count). The van der Waals surface area contributed by atoms with Gasteiger partial charge in [0.1, 0.15) is 0 Å². The Kier molecular flexibility index (Phi) is 7.85. The van der Waals surface area contributed by atoms with Crippen LogP contribution in [0, 0.1) is 0 Å². The summed E-state index contributed by atoms with van der Waals surface area (Å²) in [6, 6.07) is 8.30. The second-order valence-corrected chi connectivity index (χ2v) is 6.96. The van der Waals surface area contributed by atoms with E-state index >= 15 is 0 Å². The lowest BCUT2D eigenvalue weighted by atomic mass is 10.1. The molecule has 1 amide bonds. The average molecular weight is 358 g/mol. The van der Waals surface area contributed by atoms with Crippen LogP contribution in [0.2, 0.25) is 0 Å². The molecule has 1 aromatic rings. The van der Waals surface area contributed by atoms with Crippen molar-refractivity contribution in [3.63, 3.8) is 0 Å². The van der Waals surface area contributed by atoms with E-state index in [9.17, 15) is 9.59 Å². The third kappa shape index (κ3) is 6.30. The quantitative estimate of drug-likeness (QED) is 0.566. The third-order valence-corrected chi connectivity index (χ3v) is 4.68. The monoisotopic (exact) mass is 358 g/mol. The van der Waals surface area contributed by atoms with Crippen LogP contribution in [0.3, 0.4) is 0 Å². The highest BCUT2D eigenvalue weighted by atomic mass is 16.5. The summed E-state index contributed by atoms with van der Waals surface area (Å²) in [4.78, 5) is 26.1. The van der Waals surface area contributed by atoms with Crippen molar-refractivity contribution in [2.45, 2.75) is 58.5 Å². The Bertz CT molecular complexity index is 617. The Morgan fingerprint density at radius 2 is 1.88 bits per heavy atom. The van der Waals surface area contributed by atoms with Crippen LogP contribution in [0.25, 0.3) is 6.08 Å². The smallest absolute Gasteiger partial charge is 0.330 e. The van der Waals surface area contributed by atoms with Crippen molar-refractivity contribution >= 4 is 23.6 Å². The van der Waals surface area contributed by atoms with Crippen LogP contribution in [0.1, 0.15) is 52.0 Å². The predicted octanol–water partition coefficient (Wildman–Crippen LogP) is 3.85. The summed E-state index contributed by atoms with van der Waals surface area (Å²) in [5, 5.41) is 2.97. The fraction of sp³-hybridized carbons (Fsp3) is 0.524. The van der Waals surface area contributed by atoms with Gasteiger partial charge in [-0.3, -0.25) is 9.69 Å². The number of nitrogens with zero attached hydrogens (tertiary/aromatic N) is 1. The highest BCUT2D eigenvalue weighted by Crippen LogP contribution is 2.25. The zero-order valence-electron chi connectivity index (χ0n) is 16.0. The van der Waals surface area contributed by atoms with Crippen molar-refractivity contribution < 1.29 is 14.3 Å². The first kappa shape index (κ1) is 20.2. The number of amides is 1. The molecule has 26 heavy (non-hydrogen) atoms. The summed E-state index contributed by atoms with van der Waals surface area (Å²) in [5.74, 6) is -0.342. The van der Waals surface area contributed by atoms with Gasteiger partial charge in [-0.15, -0.1) is 0 Å². The molecule has 0 heterocycles. The molecule has 0 aliphatic heterocycles. The van der Waals surface area contributed by atoms with Crippen LogP contribution in [-0.2, 0) is 14.3 Å². The van der Waals surface area contributed by atoms with Crippen molar-refractivity contribution in [1.82, 2.24) is 4.90 Å². The molecule has 1 saturated carbocycles. The van der Waals surface area contributed by atoms with E-state index in [1.807, 2.05) is 24.3 Å². The first-order valence-corrected chi connectivity index (χ1v) is 9.50. The minimum atomic E-state index is -0.356. The summed E-state index contributed by atoms with van der Waals surface area (Å²) in [7, 11) is 0. The Balaban J connectivity index is 1.89. The van der Waals surface area contributed by atoms with Crippen LogP contribution in [-0.4, -0.2) is 42.0 Å². The largest absolute Gasteiger partial charge is 0.463 e. The fourth-order valence-corrected chi connectivity index (χ4v) is 3.37. The summed E-state index contributed by atoms with van der Waals surface area (Å²) in [6.07, 6.45) is 8.00. The molecule has 0 atom stereocenters. The summed E-state index contributed by atoms with van der Waals surface area (Å²) in [6.45, 7) is 6.86.